The fourth-order valence-corrected chi connectivity index (χ4v) is 2.61. The topological polar surface area (TPSA) is 144 Å². The van der Waals surface area contributed by atoms with E-state index in [1.165, 1.54) is 0 Å². The molecule has 21 heavy (non-hydrogen) atoms. The van der Waals surface area contributed by atoms with Crippen molar-refractivity contribution in [3.63, 3.8) is 0 Å². The van der Waals surface area contributed by atoms with Gasteiger partial charge in [0, 0.05) is 0 Å². The molecule has 0 atom stereocenters. The minimum Gasteiger partial charge on any atom is -0.351 e. The summed E-state index contributed by atoms with van der Waals surface area (Å²) in [5.41, 5.74) is 8.85. The molecule has 0 saturated heterocycles. The lowest BCUT2D eigenvalue weighted by molar-refractivity contribution is -0.140. The van der Waals surface area contributed by atoms with Crippen molar-refractivity contribution in [1.82, 2.24) is 10.6 Å². The van der Waals surface area contributed by atoms with Crippen LogP contribution in [0.5, 0.6) is 0 Å². The predicted octanol–water partition coefficient (Wildman–Crippen LogP) is 0.273. The Morgan fingerprint density at radius 1 is 1.10 bits per heavy atom. The Hall–Kier alpha value is -2.38. The number of nitrogens with two attached hydrogens (primary N) is 2. The number of imide groups is 2. The molecule has 0 spiro atoms. The van der Waals surface area contributed by atoms with E-state index >= 15 is 0 Å². The molecule has 0 bridgehead atoms. The second kappa shape index (κ2) is 6.87. The van der Waals surface area contributed by atoms with Crippen molar-refractivity contribution < 1.29 is 19.2 Å². The average Bonchev–Trinajstić information content (AvgIpc) is 2.39. The lowest BCUT2D eigenvalue weighted by Gasteiger charge is -2.33. The van der Waals surface area contributed by atoms with Gasteiger partial charge in [-0.1, -0.05) is 13.0 Å². The van der Waals surface area contributed by atoms with E-state index in [0.717, 1.165) is 19.3 Å². The van der Waals surface area contributed by atoms with Gasteiger partial charge in [0.2, 0.25) is 11.8 Å². The smallest absolute Gasteiger partial charge is 0.318 e. The molecule has 1 rings (SSSR count). The average molecular weight is 296 g/mol. The van der Waals surface area contributed by atoms with Crippen molar-refractivity contribution in [2.45, 2.75) is 39.0 Å². The van der Waals surface area contributed by atoms with E-state index in [9.17, 15) is 19.2 Å². The number of carbonyl (C=O) groups excluding carboxylic acids is 4. The molecule has 6 amide bonds. The number of primary amides is 2. The highest BCUT2D eigenvalue weighted by Gasteiger charge is 2.48. The van der Waals surface area contributed by atoms with Crippen LogP contribution in [0.15, 0.2) is 11.6 Å². The van der Waals surface area contributed by atoms with Crippen LogP contribution in [0.3, 0.4) is 0 Å². The maximum absolute atomic E-state index is 12.4. The zero-order valence-electron chi connectivity index (χ0n) is 11.9. The molecule has 0 saturated carbocycles. The minimum absolute atomic E-state index is 0.0804. The number of allylic oxidation sites excluding steroid dienone is 1. The van der Waals surface area contributed by atoms with Crippen molar-refractivity contribution in [3.8, 4) is 0 Å². The van der Waals surface area contributed by atoms with Crippen LogP contribution in [0.4, 0.5) is 9.59 Å². The molecule has 8 nitrogen and oxygen atoms in total. The summed E-state index contributed by atoms with van der Waals surface area (Å²) < 4.78 is 0. The molecule has 0 heterocycles. The van der Waals surface area contributed by atoms with Gasteiger partial charge in [0.1, 0.15) is 5.41 Å². The number of hydrogen-bond acceptors (Lipinski definition) is 4. The summed E-state index contributed by atoms with van der Waals surface area (Å²) in [6.07, 6.45) is 4.92. The number of rotatable bonds is 4. The minimum atomic E-state index is -1.65. The summed E-state index contributed by atoms with van der Waals surface area (Å²) in [6, 6.07) is -2.11. The van der Waals surface area contributed by atoms with E-state index in [0.29, 0.717) is 12.0 Å². The number of urea groups is 2. The molecule has 0 radical (unpaired) electrons. The first-order valence-corrected chi connectivity index (χ1v) is 6.75. The Kier molecular flexibility index (Phi) is 5.45. The van der Waals surface area contributed by atoms with Crippen LogP contribution in [-0.2, 0) is 9.59 Å². The van der Waals surface area contributed by atoms with E-state index in [1.54, 1.807) is 13.0 Å². The van der Waals surface area contributed by atoms with E-state index in [4.69, 9.17) is 11.5 Å². The molecule has 8 heteroatoms. The largest absolute Gasteiger partial charge is 0.351 e. The first-order chi connectivity index (χ1) is 9.84. The Balaban J connectivity index is 3.26. The summed E-state index contributed by atoms with van der Waals surface area (Å²) in [7, 11) is 0. The highest BCUT2D eigenvalue weighted by atomic mass is 16.2. The number of amides is 6. The van der Waals surface area contributed by atoms with E-state index in [2.05, 4.69) is 0 Å². The standard InChI is InChI=1S/C13H20N4O4/c1-2-13(9(18)16-11(14)20,10(19)17-12(15)21)8-6-4-3-5-7-8/h6H,2-5,7H2,1H3,(H3,14,16,18,20)(H3,15,17,19,21). The second-order valence-electron chi connectivity index (χ2n) is 4.87. The molecule has 0 fully saturated rings. The van der Waals surface area contributed by atoms with Crippen molar-refractivity contribution in [2.75, 3.05) is 0 Å². The Bertz CT molecular complexity index is 470. The van der Waals surface area contributed by atoms with Crippen LogP contribution in [0.2, 0.25) is 0 Å². The van der Waals surface area contributed by atoms with Gasteiger partial charge in [-0.05, 0) is 37.7 Å². The Morgan fingerprint density at radius 3 is 1.95 bits per heavy atom. The summed E-state index contributed by atoms with van der Waals surface area (Å²) in [5, 5.41) is 3.86. The lowest BCUT2D eigenvalue weighted by Crippen LogP contribution is -2.56. The SMILES string of the molecule is CCC(C(=O)NC(N)=O)(C(=O)NC(N)=O)C1=CCCCC1. The first-order valence-electron chi connectivity index (χ1n) is 6.75. The number of nitrogens with one attached hydrogen (secondary N) is 2. The van der Waals surface area contributed by atoms with Gasteiger partial charge in [-0.25, -0.2) is 9.59 Å². The molecule has 6 N–H and O–H groups in total. The third-order valence-electron chi connectivity index (χ3n) is 3.62. The lowest BCUT2D eigenvalue weighted by atomic mass is 9.72. The van der Waals surface area contributed by atoms with E-state index < -0.39 is 29.3 Å². The normalized spacial score (nSPS) is 14.8. The molecule has 0 aromatic carbocycles. The van der Waals surface area contributed by atoms with Crippen LogP contribution in [0, 0.1) is 5.41 Å². The van der Waals surface area contributed by atoms with Crippen LogP contribution in [0.25, 0.3) is 0 Å². The fourth-order valence-electron chi connectivity index (χ4n) is 2.61. The maximum Gasteiger partial charge on any atom is 0.318 e. The van der Waals surface area contributed by atoms with Crippen LogP contribution in [-0.4, -0.2) is 23.9 Å². The maximum atomic E-state index is 12.4. The van der Waals surface area contributed by atoms with Crippen LogP contribution < -0.4 is 22.1 Å². The van der Waals surface area contributed by atoms with Crippen molar-refractivity contribution >= 4 is 23.9 Å². The first kappa shape index (κ1) is 16.7. The quantitative estimate of drug-likeness (QED) is 0.436. The van der Waals surface area contributed by atoms with Gasteiger partial charge in [0.05, 0.1) is 0 Å². The predicted molar refractivity (Wildman–Crippen MR) is 74.7 cm³/mol. The molecular weight excluding hydrogens is 276 g/mol. The Morgan fingerprint density at radius 2 is 1.62 bits per heavy atom. The summed E-state index contributed by atoms with van der Waals surface area (Å²) in [4.78, 5) is 46.6. The van der Waals surface area contributed by atoms with Crippen molar-refractivity contribution in [2.24, 2.45) is 16.9 Å². The third kappa shape index (κ3) is 3.59. The number of hydrogen-bond donors (Lipinski definition) is 4. The van der Waals surface area contributed by atoms with Gasteiger partial charge in [-0.15, -0.1) is 0 Å². The molecule has 1 aliphatic carbocycles. The second-order valence-corrected chi connectivity index (χ2v) is 4.87. The van der Waals surface area contributed by atoms with Gasteiger partial charge in [0.25, 0.3) is 0 Å². The van der Waals surface area contributed by atoms with Crippen LogP contribution >= 0.6 is 0 Å². The van der Waals surface area contributed by atoms with Gasteiger partial charge >= 0.3 is 12.1 Å². The molecule has 0 aromatic heterocycles. The zero-order valence-corrected chi connectivity index (χ0v) is 11.9. The van der Waals surface area contributed by atoms with Crippen molar-refractivity contribution in [3.05, 3.63) is 11.6 Å². The fraction of sp³-hybridized carbons (Fsp3) is 0.538. The molecule has 0 aromatic rings. The molecule has 116 valence electrons. The Labute approximate surface area is 122 Å². The van der Waals surface area contributed by atoms with E-state index in [1.807, 2.05) is 10.6 Å². The highest BCUT2D eigenvalue weighted by Crippen LogP contribution is 2.38. The van der Waals surface area contributed by atoms with Crippen molar-refractivity contribution in [1.29, 1.82) is 0 Å². The van der Waals surface area contributed by atoms with Crippen LogP contribution in [0.1, 0.15) is 39.0 Å². The van der Waals surface area contributed by atoms with Gasteiger partial charge in [0.15, 0.2) is 0 Å². The summed E-state index contributed by atoms with van der Waals surface area (Å²) in [5.74, 6) is -1.69. The van der Waals surface area contributed by atoms with Gasteiger partial charge in [-0.3, -0.25) is 20.2 Å². The monoisotopic (exact) mass is 296 g/mol. The van der Waals surface area contributed by atoms with Gasteiger partial charge < -0.3 is 11.5 Å². The molecule has 0 aliphatic heterocycles. The van der Waals surface area contributed by atoms with Gasteiger partial charge in [-0.2, -0.15) is 0 Å². The molecule has 0 unspecified atom stereocenters. The summed E-state index contributed by atoms with van der Waals surface area (Å²) >= 11 is 0. The third-order valence-corrected chi connectivity index (χ3v) is 3.62. The molecular formula is C13H20N4O4. The highest BCUT2D eigenvalue weighted by molar-refractivity contribution is 6.15. The molecule has 1 aliphatic rings. The summed E-state index contributed by atoms with van der Waals surface area (Å²) in [6.45, 7) is 1.62. The zero-order chi connectivity index (χ0) is 16.0. The van der Waals surface area contributed by atoms with E-state index in [-0.39, 0.29) is 6.42 Å². The number of carbonyl (C=O) groups is 4.